The maximum atomic E-state index is 5.31. The smallest absolute Gasteiger partial charge is 0.140 e. The molecule has 2 rings (SSSR count). The molecule has 0 aliphatic carbocycles. The second kappa shape index (κ2) is 3.87. The van der Waals surface area contributed by atoms with Crippen LogP contribution in [0.1, 0.15) is 25.3 Å². The predicted molar refractivity (Wildman–Crippen MR) is 63.6 cm³/mol. The van der Waals surface area contributed by atoms with E-state index in [1.807, 2.05) is 18.2 Å². The molecule has 0 atom stereocenters. The fourth-order valence-electron chi connectivity index (χ4n) is 1.58. The first-order valence-electron chi connectivity index (χ1n) is 5.08. The Hall–Kier alpha value is -1.61. The summed E-state index contributed by atoms with van der Waals surface area (Å²) in [6.45, 7) is 4.37. The number of nitrogen functional groups attached to an aromatic ring is 1. The summed E-state index contributed by atoms with van der Waals surface area (Å²) in [4.78, 5) is 4.36. The van der Waals surface area contributed by atoms with Gasteiger partial charge in [-0.05, 0) is 35.7 Å². The standard InChI is InChI=1S/C12H15N3/c1-8(2)9-3-5-11-10(7-9)4-6-12(14-11)15-13/h3-8H,13H2,1-2H3,(H,14,15). The SMILES string of the molecule is CC(C)c1ccc2nc(NN)ccc2c1. The Labute approximate surface area is 89.3 Å². The molecule has 78 valence electrons. The average molecular weight is 201 g/mol. The number of hydrogen-bond acceptors (Lipinski definition) is 3. The molecule has 15 heavy (non-hydrogen) atoms. The molecule has 3 heteroatoms. The largest absolute Gasteiger partial charge is 0.308 e. The number of rotatable bonds is 2. The highest BCUT2D eigenvalue weighted by atomic mass is 15.2. The molecule has 1 heterocycles. The van der Waals surface area contributed by atoms with Crippen molar-refractivity contribution in [2.24, 2.45) is 5.84 Å². The lowest BCUT2D eigenvalue weighted by atomic mass is 10.0. The maximum Gasteiger partial charge on any atom is 0.140 e. The van der Waals surface area contributed by atoms with Gasteiger partial charge in [0, 0.05) is 5.39 Å². The zero-order chi connectivity index (χ0) is 10.8. The zero-order valence-electron chi connectivity index (χ0n) is 8.99. The fraction of sp³-hybridized carbons (Fsp3) is 0.250. The molecule has 2 aromatic rings. The Kier molecular flexibility index (Phi) is 2.56. The number of nitrogens with one attached hydrogen (secondary N) is 1. The Morgan fingerprint density at radius 1 is 1.20 bits per heavy atom. The van der Waals surface area contributed by atoms with Crippen LogP contribution < -0.4 is 11.3 Å². The average Bonchev–Trinajstić information content (AvgIpc) is 2.27. The van der Waals surface area contributed by atoms with Crippen molar-refractivity contribution in [1.82, 2.24) is 4.98 Å². The number of nitrogens with two attached hydrogens (primary N) is 1. The normalized spacial score (nSPS) is 10.9. The lowest BCUT2D eigenvalue weighted by Crippen LogP contribution is -2.08. The van der Waals surface area contributed by atoms with Gasteiger partial charge in [0.1, 0.15) is 5.82 Å². The minimum atomic E-state index is 0.543. The highest BCUT2D eigenvalue weighted by Gasteiger charge is 2.01. The van der Waals surface area contributed by atoms with Crippen molar-refractivity contribution < 1.29 is 0 Å². The summed E-state index contributed by atoms with van der Waals surface area (Å²) in [6, 6.07) is 10.2. The zero-order valence-corrected chi connectivity index (χ0v) is 8.99. The van der Waals surface area contributed by atoms with Crippen molar-refractivity contribution in [3.8, 4) is 0 Å². The summed E-state index contributed by atoms with van der Waals surface area (Å²) >= 11 is 0. The van der Waals surface area contributed by atoms with Crippen LogP contribution >= 0.6 is 0 Å². The number of pyridine rings is 1. The van der Waals surface area contributed by atoms with Gasteiger partial charge in [0.15, 0.2) is 0 Å². The molecule has 0 bridgehead atoms. The topological polar surface area (TPSA) is 50.9 Å². The van der Waals surface area contributed by atoms with Gasteiger partial charge in [-0.2, -0.15) is 0 Å². The number of benzene rings is 1. The minimum Gasteiger partial charge on any atom is -0.308 e. The molecule has 3 N–H and O–H groups in total. The Morgan fingerprint density at radius 3 is 2.67 bits per heavy atom. The lowest BCUT2D eigenvalue weighted by molar-refractivity contribution is 0.868. The molecule has 1 aromatic heterocycles. The van der Waals surface area contributed by atoms with Gasteiger partial charge in [0.25, 0.3) is 0 Å². The number of hydrogen-bond donors (Lipinski definition) is 2. The first-order chi connectivity index (χ1) is 7.20. The van der Waals surface area contributed by atoms with E-state index in [0.717, 1.165) is 10.9 Å². The predicted octanol–water partition coefficient (Wildman–Crippen LogP) is 2.64. The summed E-state index contributed by atoms with van der Waals surface area (Å²) in [5.41, 5.74) is 4.84. The number of fused-ring (bicyclic) bond motifs is 1. The highest BCUT2D eigenvalue weighted by molar-refractivity contribution is 5.81. The van der Waals surface area contributed by atoms with Crippen molar-refractivity contribution >= 4 is 16.7 Å². The van der Waals surface area contributed by atoms with Crippen LogP contribution in [0, 0.1) is 0 Å². The van der Waals surface area contributed by atoms with Gasteiger partial charge in [0.05, 0.1) is 5.52 Å². The summed E-state index contributed by atoms with van der Waals surface area (Å²) in [7, 11) is 0. The van der Waals surface area contributed by atoms with Crippen molar-refractivity contribution in [2.75, 3.05) is 5.43 Å². The van der Waals surface area contributed by atoms with Crippen LogP contribution in [-0.4, -0.2) is 4.98 Å². The van der Waals surface area contributed by atoms with E-state index in [4.69, 9.17) is 5.84 Å². The van der Waals surface area contributed by atoms with Crippen molar-refractivity contribution in [2.45, 2.75) is 19.8 Å². The summed E-state index contributed by atoms with van der Waals surface area (Å²) in [5.74, 6) is 6.54. The van der Waals surface area contributed by atoms with Crippen molar-refractivity contribution in [3.05, 3.63) is 35.9 Å². The number of hydrazine groups is 1. The van der Waals surface area contributed by atoms with E-state index in [0.29, 0.717) is 11.7 Å². The van der Waals surface area contributed by atoms with Crippen LogP contribution in [0.4, 0.5) is 5.82 Å². The molecular weight excluding hydrogens is 186 g/mol. The molecule has 0 saturated heterocycles. The summed E-state index contributed by atoms with van der Waals surface area (Å²) < 4.78 is 0. The van der Waals surface area contributed by atoms with Gasteiger partial charge in [-0.15, -0.1) is 0 Å². The van der Waals surface area contributed by atoms with Crippen LogP contribution in [-0.2, 0) is 0 Å². The summed E-state index contributed by atoms with van der Waals surface area (Å²) in [6.07, 6.45) is 0. The second-order valence-electron chi connectivity index (χ2n) is 3.95. The molecule has 0 amide bonds. The highest BCUT2D eigenvalue weighted by Crippen LogP contribution is 2.21. The third-order valence-corrected chi connectivity index (χ3v) is 2.53. The van der Waals surface area contributed by atoms with Crippen LogP contribution in [0.5, 0.6) is 0 Å². The van der Waals surface area contributed by atoms with E-state index in [2.05, 4.69) is 36.4 Å². The lowest BCUT2D eigenvalue weighted by Gasteiger charge is -2.07. The van der Waals surface area contributed by atoms with Gasteiger partial charge in [0.2, 0.25) is 0 Å². The maximum absolute atomic E-state index is 5.31. The molecule has 0 unspecified atom stereocenters. The minimum absolute atomic E-state index is 0.543. The second-order valence-corrected chi connectivity index (χ2v) is 3.95. The van der Waals surface area contributed by atoms with Crippen LogP contribution in [0.15, 0.2) is 30.3 Å². The van der Waals surface area contributed by atoms with E-state index in [1.165, 1.54) is 5.56 Å². The molecule has 0 radical (unpaired) electrons. The molecule has 0 fully saturated rings. The van der Waals surface area contributed by atoms with Crippen molar-refractivity contribution in [3.63, 3.8) is 0 Å². The van der Waals surface area contributed by atoms with Crippen LogP contribution in [0.25, 0.3) is 10.9 Å². The summed E-state index contributed by atoms with van der Waals surface area (Å²) in [5, 5.41) is 1.15. The monoisotopic (exact) mass is 201 g/mol. The molecule has 1 aromatic carbocycles. The number of aromatic nitrogens is 1. The Bertz CT molecular complexity index is 477. The first kappa shape index (κ1) is 9.93. The fourth-order valence-corrected chi connectivity index (χ4v) is 1.58. The van der Waals surface area contributed by atoms with Crippen LogP contribution in [0.3, 0.4) is 0 Å². The number of anilines is 1. The van der Waals surface area contributed by atoms with Gasteiger partial charge >= 0.3 is 0 Å². The molecule has 0 spiro atoms. The molecule has 0 saturated carbocycles. The molecule has 0 aliphatic rings. The van der Waals surface area contributed by atoms with Gasteiger partial charge in [-0.25, -0.2) is 10.8 Å². The third kappa shape index (κ3) is 1.92. The Balaban J connectivity index is 2.55. The van der Waals surface area contributed by atoms with E-state index in [1.54, 1.807) is 0 Å². The van der Waals surface area contributed by atoms with Gasteiger partial charge in [-0.3, -0.25) is 0 Å². The van der Waals surface area contributed by atoms with Crippen LogP contribution in [0.2, 0.25) is 0 Å². The third-order valence-electron chi connectivity index (χ3n) is 2.53. The number of nitrogens with zero attached hydrogens (tertiary/aromatic N) is 1. The molecule has 3 nitrogen and oxygen atoms in total. The quantitative estimate of drug-likeness (QED) is 0.580. The van der Waals surface area contributed by atoms with E-state index < -0.39 is 0 Å². The van der Waals surface area contributed by atoms with E-state index in [-0.39, 0.29) is 0 Å². The van der Waals surface area contributed by atoms with Gasteiger partial charge < -0.3 is 5.43 Å². The Morgan fingerprint density at radius 2 is 2.00 bits per heavy atom. The molecular formula is C12H15N3. The van der Waals surface area contributed by atoms with E-state index in [9.17, 15) is 0 Å². The van der Waals surface area contributed by atoms with Gasteiger partial charge in [-0.1, -0.05) is 19.9 Å². The first-order valence-corrected chi connectivity index (χ1v) is 5.08. The molecule has 0 aliphatic heterocycles. The van der Waals surface area contributed by atoms with E-state index >= 15 is 0 Å². The van der Waals surface area contributed by atoms with Crippen molar-refractivity contribution in [1.29, 1.82) is 0 Å².